The molecule has 0 saturated carbocycles. The second-order valence-corrected chi connectivity index (χ2v) is 5.98. The topological polar surface area (TPSA) is 32.3 Å². The van der Waals surface area contributed by atoms with Crippen molar-refractivity contribution in [3.05, 3.63) is 21.3 Å². The van der Waals surface area contributed by atoms with E-state index in [2.05, 4.69) is 10.2 Å². The van der Waals surface area contributed by atoms with E-state index in [0.29, 0.717) is 15.8 Å². The summed E-state index contributed by atoms with van der Waals surface area (Å²) in [5.41, 5.74) is 0. The molecular formula is C12H17ClN2OS. The minimum Gasteiger partial charge on any atom is -0.350 e. The van der Waals surface area contributed by atoms with Crippen molar-refractivity contribution in [1.82, 2.24) is 10.2 Å². The molecule has 94 valence electrons. The van der Waals surface area contributed by atoms with Crippen LogP contribution in [-0.2, 0) is 0 Å². The Bertz CT molecular complexity index is 374. The summed E-state index contributed by atoms with van der Waals surface area (Å²) in [5.74, 6) is -0.0149. The SMILES string of the molecule is O=C(NCCN1CCCCC1)c1ccc(Cl)s1. The minimum atomic E-state index is -0.0149. The first kappa shape index (κ1) is 12.9. The maximum Gasteiger partial charge on any atom is 0.261 e. The average molecular weight is 273 g/mol. The lowest BCUT2D eigenvalue weighted by molar-refractivity contribution is 0.0950. The zero-order chi connectivity index (χ0) is 12.1. The van der Waals surface area contributed by atoms with Gasteiger partial charge in [0.25, 0.3) is 5.91 Å². The number of amides is 1. The van der Waals surface area contributed by atoms with Crippen LogP contribution in [0.2, 0.25) is 4.34 Å². The fourth-order valence-corrected chi connectivity index (χ4v) is 2.99. The van der Waals surface area contributed by atoms with Crippen LogP contribution < -0.4 is 5.32 Å². The van der Waals surface area contributed by atoms with E-state index in [1.165, 1.54) is 43.7 Å². The fraction of sp³-hybridized carbons (Fsp3) is 0.583. The van der Waals surface area contributed by atoms with Crippen LogP contribution >= 0.6 is 22.9 Å². The Morgan fingerprint density at radius 3 is 2.76 bits per heavy atom. The first-order chi connectivity index (χ1) is 8.25. The number of nitrogens with one attached hydrogen (secondary N) is 1. The summed E-state index contributed by atoms with van der Waals surface area (Å²) in [5, 5.41) is 2.93. The van der Waals surface area contributed by atoms with Gasteiger partial charge in [0.05, 0.1) is 9.21 Å². The van der Waals surface area contributed by atoms with Crippen molar-refractivity contribution >= 4 is 28.8 Å². The van der Waals surface area contributed by atoms with Crippen LogP contribution in [-0.4, -0.2) is 37.0 Å². The highest BCUT2D eigenvalue weighted by Crippen LogP contribution is 2.20. The highest BCUT2D eigenvalue weighted by atomic mass is 35.5. The summed E-state index contributed by atoms with van der Waals surface area (Å²) < 4.78 is 0.659. The van der Waals surface area contributed by atoms with E-state index in [-0.39, 0.29) is 5.91 Å². The number of hydrogen-bond acceptors (Lipinski definition) is 3. The summed E-state index contributed by atoms with van der Waals surface area (Å²) in [6.45, 7) is 4.00. The van der Waals surface area contributed by atoms with Crippen LogP contribution in [0, 0.1) is 0 Å². The van der Waals surface area contributed by atoms with Gasteiger partial charge in [0.2, 0.25) is 0 Å². The maximum absolute atomic E-state index is 11.7. The molecule has 1 aromatic heterocycles. The third-order valence-corrected chi connectivity index (χ3v) is 4.19. The molecule has 2 heterocycles. The summed E-state index contributed by atoms with van der Waals surface area (Å²) in [6.07, 6.45) is 3.92. The van der Waals surface area contributed by atoms with E-state index in [1.54, 1.807) is 12.1 Å². The third kappa shape index (κ3) is 3.98. The van der Waals surface area contributed by atoms with Crippen LogP contribution in [0.3, 0.4) is 0 Å². The number of nitrogens with zero attached hydrogens (tertiary/aromatic N) is 1. The second kappa shape index (κ2) is 6.38. The highest BCUT2D eigenvalue weighted by Gasteiger charge is 2.11. The summed E-state index contributed by atoms with van der Waals surface area (Å²) >= 11 is 7.11. The van der Waals surface area contributed by atoms with E-state index in [1.807, 2.05) is 0 Å². The molecule has 0 radical (unpaired) electrons. The zero-order valence-electron chi connectivity index (χ0n) is 9.75. The molecule has 1 saturated heterocycles. The highest BCUT2D eigenvalue weighted by molar-refractivity contribution is 7.17. The van der Waals surface area contributed by atoms with Gasteiger partial charge in [-0.3, -0.25) is 4.79 Å². The van der Waals surface area contributed by atoms with Crippen molar-refractivity contribution in [2.75, 3.05) is 26.2 Å². The second-order valence-electron chi connectivity index (χ2n) is 4.26. The number of halogens is 1. The molecule has 0 spiro atoms. The van der Waals surface area contributed by atoms with Crippen LogP contribution in [0.25, 0.3) is 0 Å². The minimum absolute atomic E-state index is 0.0149. The molecule has 1 fully saturated rings. The number of piperidine rings is 1. The van der Waals surface area contributed by atoms with Gasteiger partial charge in [-0.15, -0.1) is 11.3 Å². The lowest BCUT2D eigenvalue weighted by Crippen LogP contribution is -2.37. The molecule has 17 heavy (non-hydrogen) atoms. The van der Waals surface area contributed by atoms with E-state index in [9.17, 15) is 4.79 Å². The normalized spacial score (nSPS) is 17.0. The van der Waals surface area contributed by atoms with Gasteiger partial charge in [-0.05, 0) is 38.1 Å². The van der Waals surface area contributed by atoms with Gasteiger partial charge in [-0.1, -0.05) is 18.0 Å². The van der Waals surface area contributed by atoms with Crippen LogP contribution in [0.1, 0.15) is 28.9 Å². The largest absolute Gasteiger partial charge is 0.350 e. The Morgan fingerprint density at radius 2 is 2.12 bits per heavy atom. The fourth-order valence-electron chi connectivity index (χ4n) is 2.03. The first-order valence-electron chi connectivity index (χ1n) is 6.01. The lowest BCUT2D eigenvalue weighted by Gasteiger charge is -2.26. The van der Waals surface area contributed by atoms with Crippen molar-refractivity contribution < 1.29 is 4.79 Å². The standard InChI is InChI=1S/C12H17ClN2OS/c13-11-5-4-10(17-11)12(16)14-6-9-15-7-2-1-3-8-15/h4-5H,1-3,6-9H2,(H,14,16). The van der Waals surface area contributed by atoms with Gasteiger partial charge < -0.3 is 10.2 Å². The Balaban J connectivity index is 1.69. The van der Waals surface area contributed by atoms with Gasteiger partial charge in [0.1, 0.15) is 0 Å². The van der Waals surface area contributed by atoms with Crippen molar-refractivity contribution in [1.29, 1.82) is 0 Å². The van der Waals surface area contributed by atoms with Gasteiger partial charge in [0, 0.05) is 13.1 Å². The molecule has 0 aliphatic carbocycles. The first-order valence-corrected chi connectivity index (χ1v) is 7.21. The monoisotopic (exact) mass is 272 g/mol. The molecule has 1 aliphatic heterocycles. The molecule has 1 aliphatic rings. The van der Waals surface area contributed by atoms with Crippen LogP contribution in [0.5, 0.6) is 0 Å². The van der Waals surface area contributed by atoms with Crippen LogP contribution in [0.4, 0.5) is 0 Å². The molecule has 1 aromatic rings. The predicted octanol–water partition coefficient (Wildman–Crippen LogP) is 2.62. The van der Waals surface area contributed by atoms with Crippen molar-refractivity contribution in [3.63, 3.8) is 0 Å². The number of thiophene rings is 1. The maximum atomic E-state index is 11.7. The van der Waals surface area contributed by atoms with E-state index < -0.39 is 0 Å². The van der Waals surface area contributed by atoms with Crippen molar-refractivity contribution in [2.45, 2.75) is 19.3 Å². The van der Waals surface area contributed by atoms with Gasteiger partial charge in [-0.25, -0.2) is 0 Å². The molecule has 5 heteroatoms. The van der Waals surface area contributed by atoms with Gasteiger partial charge in [-0.2, -0.15) is 0 Å². The number of carbonyl (C=O) groups excluding carboxylic acids is 1. The predicted molar refractivity (Wildman–Crippen MR) is 72.0 cm³/mol. The average Bonchev–Trinajstić information content (AvgIpc) is 2.77. The molecule has 1 N–H and O–H groups in total. The van der Waals surface area contributed by atoms with Gasteiger partial charge >= 0.3 is 0 Å². The molecular weight excluding hydrogens is 256 g/mol. The molecule has 2 rings (SSSR count). The van der Waals surface area contributed by atoms with E-state index >= 15 is 0 Å². The number of likely N-dealkylation sites (tertiary alicyclic amines) is 1. The molecule has 0 unspecified atom stereocenters. The number of carbonyl (C=O) groups is 1. The smallest absolute Gasteiger partial charge is 0.261 e. The molecule has 0 aromatic carbocycles. The number of rotatable bonds is 4. The zero-order valence-corrected chi connectivity index (χ0v) is 11.3. The van der Waals surface area contributed by atoms with Crippen LogP contribution in [0.15, 0.2) is 12.1 Å². The molecule has 0 bridgehead atoms. The number of hydrogen-bond donors (Lipinski definition) is 1. The Kier molecular flexibility index (Phi) is 4.83. The van der Waals surface area contributed by atoms with E-state index in [4.69, 9.17) is 11.6 Å². The molecule has 1 amide bonds. The van der Waals surface area contributed by atoms with E-state index in [0.717, 1.165) is 6.54 Å². The molecule has 0 atom stereocenters. The van der Waals surface area contributed by atoms with Crippen molar-refractivity contribution in [3.8, 4) is 0 Å². The lowest BCUT2D eigenvalue weighted by atomic mass is 10.1. The Labute approximate surface area is 111 Å². The summed E-state index contributed by atoms with van der Waals surface area (Å²) in [6, 6.07) is 3.52. The van der Waals surface area contributed by atoms with Gasteiger partial charge in [0.15, 0.2) is 0 Å². The van der Waals surface area contributed by atoms with Crippen molar-refractivity contribution in [2.24, 2.45) is 0 Å². The molecule has 3 nitrogen and oxygen atoms in total. The quantitative estimate of drug-likeness (QED) is 0.914. The summed E-state index contributed by atoms with van der Waals surface area (Å²) in [7, 11) is 0. The Hall–Kier alpha value is -0.580. The third-order valence-electron chi connectivity index (χ3n) is 2.96. The summed E-state index contributed by atoms with van der Waals surface area (Å²) in [4.78, 5) is 14.8. The Morgan fingerprint density at radius 1 is 1.35 bits per heavy atom.